The van der Waals surface area contributed by atoms with E-state index < -0.39 is 0 Å². The van der Waals surface area contributed by atoms with Gasteiger partial charge in [-0.05, 0) is 6.42 Å². The van der Waals surface area contributed by atoms with Crippen molar-refractivity contribution in [3.8, 4) is 11.1 Å². The molecule has 0 fully saturated rings. The zero-order valence-corrected chi connectivity index (χ0v) is 15.3. The maximum absolute atomic E-state index is 6.94. The van der Waals surface area contributed by atoms with Crippen molar-refractivity contribution in [1.29, 1.82) is 0 Å². The predicted octanol–water partition coefficient (Wildman–Crippen LogP) is 5.79. The van der Waals surface area contributed by atoms with Gasteiger partial charge in [-0.3, -0.25) is 0 Å². The van der Waals surface area contributed by atoms with Crippen LogP contribution in [-0.2, 0) is 28.1 Å². The summed E-state index contributed by atoms with van der Waals surface area (Å²) in [4.78, 5) is 0. The molecule has 1 nitrogen and oxygen atoms in total. The molecule has 2 heteroatoms. The summed E-state index contributed by atoms with van der Waals surface area (Å²) in [6.07, 6.45) is 1.05. The van der Waals surface area contributed by atoms with Crippen LogP contribution < -0.4 is 0 Å². The first-order chi connectivity index (χ1) is 8.45. The van der Waals surface area contributed by atoms with Gasteiger partial charge in [-0.2, -0.15) is 29.8 Å². The molecule has 0 atom stereocenters. The summed E-state index contributed by atoms with van der Waals surface area (Å²) in [6, 6.07) is 18.1. The average molecular weight is 315 g/mol. The van der Waals surface area contributed by atoms with Crippen molar-refractivity contribution in [2.45, 2.75) is 32.7 Å². The van der Waals surface area contributed by atoms with Gasteiger partial charge in [-0.1, -0.05) is 56.2 Å². The third kappa shape index (κ3) is 6.60. The number of fused-ring (bicyclic) bond motifs is 3. The van der Waals surface area contributed by atoms with Crippen molar-refractivity contribution >= 4 is 0 Å². The second-order valence-corrected chi connectivity index (χ2v) is 5.65. The summed E-state index contributed by atoms with van der Waals surface area (Å²) in [5.41, 5.74) is 12.2. The van der Waals surface area contributed by atoms with Crippen LogP contribution in [0.25, 0.3) is 16.9 Å². The molecule has 110 valence electrons. The van der Waals surface area contributed by atoms with E-state index >= 15 is 0 Å². The van der Waals surface area contributed by atoms with Crippen LogP contribution in [0.1, 0.15) is 31.9 Å². The fraction of sp³-hybridized carbons (Fsp3) is 0.263. The van der Waals surface area contributed by atoms with Crippen LogP contribution >= 0.6 is 0 Å². The van der Waals surface area contributed by atoms with E-state index in [1.807, 2.05) is 26.8 Å². The Morgan fingerprint density at radius 2 is 1.48 bits per heavy atom. The third-order valence-corrected chi connectivity index (χ3v) is 2.62. The normalized spacial score (nSPS) is 10.5. The second-order valence-electron chi connectivity index (χ2n) is 5.65. The average Bonchev–Trinajstić information content (AvgIpc) is 2.65. The van der Waals surface area contributed by atoms with Crippen molar-refractivity contribution in [3.05, 3.63) is 80.2 Å². The van der Waals surface area contributed by atoms with E-state index in [4.69, 9.17) is 5.73 Å². The molecule has 1 aliphatic rings. The van der Waals surface area contributed by atoms with E-state index in [0.717, 1.165) is 6.42 Å². The van der Waals surface area contributed by atoms with Crippen molar-refractivity contribution in [1.82, 2.24) is 0 Å². The van der Waals surface area contributed by atoms with E-state index in [9.17, 15) is 0 Å². The Hall–Kier alpha value is -0.886. The Labute approximate surface area is 145 Å². The molecule has 0 aliphatic heterocycles. The van der Waals surface area contributed by atoms with Crippen LogP contribution in [0.2, 0.25) is 0 Å². The van der Waals surface area contributed by atoms with E-state index in [1.54, 1.807) is 0 Å². The van der Waals surface area contributed by atoms with Crippen LogP contribution in [0, 0.1) is 20.9 Å². The largest absolute Gasteiger partial charge is 4.00 e. The number of hydrogen-bond acceptors (Lipinski definition) is 0. The van der Waals surface area contributed by atoms with Crippen LogP contribution in [0.4, 0.5) is 0 Å². The topological polar surface area (TPSA) is 23.8 Å². The number of nitrogens with one attached hydrogen (secondary N) is 1. The van der Waals surface area contributed by atoms with Gasteiger partial charge >= 0.3 is 21.7 Å². The molecule has 0 heterocycles. The van der Waals surface area contributed by atoms with Gasteiger partial charge in [0, 0.05) is 0 Å². The van der Waals surface area contributed by atoms with Crippen molar-refractivity contribution in [3.63, 3.8) is 0 Å². The Kier molecular flexibility index (Phi) is 9.81. The third-order valence-electron chi connectivity index (χ3n) is 2.62. The Bertz CT molecular complexity index is 492. The smallest absolute Gasteiger partial charge is 0.673 e. The molecule has 0 amide bonds. The molecule has 2 aromatic rings. The Morgan fingerprint density at radius 3 is 2.10 bits per heavy atom. The summed E-state index contributed by atoms with van der Waals surface area (Å²) in [7, 11) is 0. The van der Waals surface area contributed by atoms with E-state index in [2.05, 4.69) is 42.5 Å². The number of rotatable bonds is 0. The van der Waals surface area contributed by atoms with Crippen LogP contribution in [0.15, 0.2) is 42.5 Å². The zero-order chi connectivity index (χ0) is 13.2. The summed E-state index contributed by atoms with van der Waals surface area (Å²) >= 11 is 0. The first-order valence-corrected chi connectivity index (χ1v) is 6.28. The zero-order valence-electron chi connectivity index (χ0n) is 13.7. The van der Waals surface area contributed by atoms with Crippen LogP contribution in [0.3, 0.4) is 0 Å². The summed E-state index contributed by atoms with van der Waals surface area (Å²) in [5, 5.41) is 0. The monoisotopic (exact) mass is 315 g/mol. The summed E-state index contributed by atoms with van der Waals surface area (Å²) in [5.74, 6) is 0. The van der Waals surface area contributed by atoms with E-state index in [-0.39, 0.29) is 42.1 Å². The quantitative estimate of drug-likeness (QED) is 0.370. The minimum Gasteiger partial charge on any atom is -0.673 e. The molecule has 0 saturated carbocycles. The predicted molar refractivity (Wildman–Crippen MR) is 90.4 cm³/mol. The molecule has 3 rings (SSSR count). The minimum atomic E-state index is -0.250. The van der Waals surface area contributed by atoms with Gasteiger partial charge in [0.2, 0.25) is 0 Å². The maximum Gasteiger partial charge on any atom is 4.00 e. The standard InChI is InChI=1S/C13H9.C4H10N.2CH3.Ti/c1-3-7-12-10(5-1)9-11-6-2-4-8-13(11)12;1-4(2,3)5;;;/h1-5,7-8H,9H2;5H,1-3H3;2*1H3;/q4*-1;+4. The molecule has 21 heavy (non-hydrogen) atoms. The fourth-order valence-corrected chi connectivity index (χ4v) is 2.00. The van der Waals surface area contributed by atoms with Crippen molar-refractivity contribution in [2.75, 3.05) is 0 Å². The molecule has 0 spiro atoms. The molecule has 1 N–H and O–H groups in total. The van der Waals surface area contributed by atoms with Crippen molar-refractivity contribution < 1.29 is 21.7 Å². The fourth-order valence-electron chi connectivity index (χ4n) is 2.00. The maximum atomic E-state index is 6.94. The Balaban J connectivity index is 0. The summed E-state index contributed by atoms with van der Waals surface area (Å²) < 4.78 is 0. The van der Waals surface area contributed by atoms with Gasteiger partial charge in [-0.25, -0.2) is 0 Å². The molecular formula is C19H25NTi. The Morgan fingerprint density at radius 1 is 0.952 bits per heavy atom. The SMILES string of the molecule is CC(C)(C)[NH-].[CH3-].[CH3-].[Ti+4].[c-]1cccc2c1Cc1ccccc1-2. The van der Waals surface area contributed by atoms with E-state index in [0.29, 0.717) is 0 Å². The molecule has 0 saturated heterocycles. The molecule has 1 aliphatic carbocycles. The van der Waals surface area contributed by atoms with Gasteiger partial charge in [0.05, 0.1) is 0 Å². The van der Waals surface area contributed by atoms with Gasteiger partial charge < -0.3 is 20.6 Å². The van der Waals surface area contributed by atoms with Gasteiger partial charge in [0.1, 0.15) is 0 Å². The molecular weight excluding hydrogens is 290 g/mol. The van der Waals surface area contributed by atoms with Gasteiger partial charge in [0.25, 0.3) is 0 Å². The molecule has 0 bridgehead atoms. The van der Waals surface area contributed by atoms with Gasteiger partial charge in [0.15, 0.2) is 0 Å². The number of hydrogen-bond donors (Lipinski definition) is 0. The first-order valence-electron chi connectivity index (χ1n) is 6.28. The van der Waals surface area contributed by atoms with Crippen LogP contribution in [0.5, 0.6) is 0 Å². The van der Waals surface area contributed by atoms with Gasteiger partial charge in [-0.15, -0.1) is 11.1 Å². The van der Waals surface area contributed by atoms with E-state index in [1.165, 1.54) is 22.3 Å². The van der Waals surface area contributed by atoms with Crippen molar-refractivity contribution in [2.24, 2.45) is 0 Å². The second kappa shape index (κ2) is 9.20. The molecule has 2 aromatic carbocycles. The summed E-state index contributed by atoms with van der Waals surface area (Å²) in [6.45, 7) is 5.56. The first kappa shape index (κ1) is 22.4. The number of benzene rings is 2. The molecule has 0 radical (unpaired) electrons. The molecule has 0 unspecified atom stereocenters. The minimum absolute atomic E-state index is 0. The molecule has 0 aromatic heterocycles. The van der Waals surface area contributed by atoms with Crippen LogP contribution in [-0.4, -0.2) is 5.54 Å².